The average Bonchev–Trinajstić information content (AvgIpc) is 2.69. The zero-order chi connectivity index (χ0) is 19.8. The van der Waals surface area contributed by atoms with Crippen molar-refractivity contribution in [1.29, 1.82) is 0 Å². The van der Waals surface area contributed by atoms with Crippen LogP contribution in [0.3, 0.4) is 0 Å². The number of nitrogens with one attached hydrogen (secondary N) is 1. The van der Waals surface area contributed by atoms with E-state index in [1.807, 2.05) is 26.0 Å². The quantitative estimate of drug-likeness (QED) is 0.771. The van der Waals surface area contributed by atoms with E-state index in [2.05, 4.69) is 5.32 Å². The minimum Gasteiger partial charge on any atom is -0.493 e. The molecular weight excluding hydrogens is 344 g/mol. The third-order valence-corrected chi connectivity index (χ3v) is 4.19. The molecule has 2 amide bonds. The Morgan fingerprint density at radius 3 is 2.15 bits per heavy atom. The molecule has 1 N–H and O–H groups in total. The molecule has 2 rings (SSSR count). The van der Waals surface area contributed by atoms with Gasteiger partial charge in [-0.3, -0.25) is 9.59 Å². The average molecular weight is 370 g/mol. The van der Waals surface area contributed by atoms with Crippen molar-refractivity contribution in [2.24, 2.45) is 0 Å². The highest BCUT2D eigenvalue weighted by Gasteiger charge is 2.17. The van der Waals surface area contributed by atoms with Gasteiger partial charge in [0.05, 0.1) is 7.11 Å². The van der Waals surface area contributed by atoms with Crippen LogP contribution in [0.2, 0.25) is 0 Å². The van der Waals surface area contributed by atoms with E-state index in [1.165, 1.54) is 0 Å². The zero-order valence-electron chi connectivity index (χ0n) is 16.2. The van der Waals surface area contributed by atoms with Gasteiger partial charge < -0.3 is 19.7 Å². The van der Waals surface area contributed by atoms with Crippen molar-refractivity contribution < 1.29 is 19.1 Å². The molecule has 0 saturated carbocycles. The molecule has 144 valence electrons. The third kappa shape index (κ3) is 5.23. The van der Waals surface area contributed by atoms with Crippen LogP contribution in [0.1, 0.15) is 31.1 Å². The fraction of sp³-hybridized carbons (Fsp3) is 0.333. The molecule has 0 spiro atoms. The Hall–Kier alpha value is -3.02. The van der Waals surface area contributed by atoms with Crippen LogP contribution in [0.5, 0.6) is 11.5 Å². The molecule has 0 fully saturated rings. The number of ether oxygens (including phenoxy) is 2. The second-order valence-electron chi connectivity index (χ2n) is 5.95. The normalized spacial score (nSPS) is 11.4. The Kier molecular flexibility index (Phi) is 7.23. The summed E-state index contributed by atoms with van der Waals surface area (Å²) in [6.07, 6.45) is -0.710. The summed E-state index contributed by atoms with van der Waals surface area (Å²) in [6.45, 7) is 6.87. The van der Waals surface area contributed by atoms with E-state index in [-0.39, 0.29) is 11.8 Å². The third-order valence-electron chi connectivity index (χ3n) is 4.19. The molecular formula is C21H26N2O4. The van der Waals surface area contributed by atoms with Crippen LogP contribution in [0, 0.1) is 0 Å². The van der Waals surface area contributed by atoms with Gasteiger partial charge >= 0.3 is 0 Å². The van der Waals surface area contributed by atoms with E-state index < -0.39 is 6.10 Å². The number of amides is 2. The number of nitrogens with zero attached hydrogens (tertiary/aromatic N) is 1. The number of anilines is 1. The molecule has 0 saturated heterocycles. The Balaban J connectivity index is 2.00. The molecule has 0 aliphatic heterocycles. The lowest BCUT2D eigenvalue weighted by atomic mass is 10.1. The molecule has 0 aliphatic rings. The molecule has 2 aromatic rings. The Morgan fingerprint density at radius 1 is 1.00 bits per heavy atom. The Labute approximate surface area is 160 Å². The van der Waals surface area contributed by atoms with Crippen LogP contribution in [-0.2, 0) is 4.79 Å². The minimum absolute atomic E-state index is 0.0225. The first-order valence-electron chi connectivity index (χ1n) is 9.00. The maximum Gasteiger partial charge on any atom is 0.265 e. The van der Waals surface area contributed by atoms with Gasteiger partial charge in [-0.25, -0.2) is 0 Å². The number of rotatable bonds is 8. The molecule has 27 heavy (non-hydrogen) atoms. The Morgan fingerprint density at radius 2 is 1.59 bits per heavy atom. The second-order valence-corrected chi connectivity index (χ2v) is 5.95. The van der Waals surface area contributed by atoms with Gasteiger partial charge in [-0.2, -0.15) is 0 Å². The summed E-state index contributed by atoms with van der Waals surface area (Å²) in [5.74, 6) is 0.758. The molecule has 0 aromatic heterocycles. The van der Waals surface area contributed by atoms with E-state index >= 15 is 0 Å². The van der Waals surface area contributed by atoms with Crippen LogP contribution in [0.15, 0.2) is 48.5 Å². The summed E-state index contributed by atoms with van der Waals surface area (Å²) < 4.78 is 10.9. The lowest BCUT2D eigenvalue weighted by Gasteiger charge is -2.19. The number of carbonyl (C=O) groups excluding carboxylic acids is 2. The van der Waals surface area contributed by atoms with Crippen LogP contribution >= 0.6 is 0 Å². The van der Waals surface area contributed by atoms with Gasteiger partial charge in [0.15, 0.2) is 17.6 Å². The van der Waals surface area contributed by atoms with Crippen molar-refractivity contribution in [2.45, 2.75) is 26.9 Å². The van der Waals surface area contributed by atoms with E-state index in [0.717, 1.165) is 0 Å². The van der Waals surface area contributed by atoms with Gasteiger partial charge in [0.1, 0.15) is 0 Å². The SMILES string of the molecule is CCN(CC)C(=O)c1ccc(NC(=O)C(C)Oc2ccccc2OC)cc1. The van der Waals surface area contributed by atoms with Crippen molar-refractivity contribution in [3.8, 4) is 11.5 Å². The van der Waals surface area contributed by atoms with Gasteiger partial charge in [0.25, 0.3) is 11.8 Å². The van der Waals surface area contributed by atoms with E-state index in [1.54, 1.807) is 55.3 Å². The predicted octanol–water partition coefficient (Wildman–Crippen LogP) is 3.58. The van der Waals surface area contributed by atoms with Gasteiger partial charge in [0, 0.05) is 24.3 Å². The fourth-order valence-electron chi connectivity index (χ4n) is 2.59. The highest BCUT2D eigenvalue weighted by atomic mass is 16.5. The molecule has 1 unspecified atom stereocenters. The van der Waals surface area contributed by atoms with Crippen molar-refractivity contribution in [2.75, 3.05) is 25.5 Å². The first kappa shape index (κ1) is 20.3. The number of hydrogen-bond acceptors (Lipinski definition) is 4. The van der Waals surface area contributed by atoms with E-state index in [9.17, 15) is 9.59 Å². The Bertz CT molecular complexity index is 770. The number of methoxy groups -OCH3 is 1. The largest absolute Gasteiger partial charge is 0.493 e. The van der Waals surface area contributed by atoms with Crippen molar-refractivity contribution in [3.05, 3.63) is 54.1 Å². The molecule has 2 aromatic carbocycles. The van der Waals surface area contributed by atoms with Crippen molar-refractivity contribution in [1.82, 2.24) is 4.90 Å². The van der Waals surface area contributed by atoms with Gasteiger partial charge in [-0.15, -0.1) is 0 Å². The first-order valence-corrected chi connectivity index (χ1v) is 9.00. The smallest absolute Gasteiger partial charge is 0.265 e. The highest BCUT2D eigenvalue weighted by Crippen LogP contribution is 2.27. The summed E-state index contributed by atoms with van der Waals surface area (Å²) in [7, 11) is 1.55. The second kappa shape index (κ2) is 9.62. The summed E-state index contributed by atoms with van der Waals surface area (Å²) in [4.78, 5) is 26.4. The van der Waals surface area contributed by atoms with Crippen LogP contribution in [0.4, 0.5) is 5.69 Å². The molecule has 0 heterocycles. The summed E-state index contributed by atoms with van der Waals surface area (Å²) in [6, 6.07) is 14.0. The standard InChI is InChI=1S/C21H26N2O4/c1-5-23(6-2)21(25)16-11-13-17(14-12-16)22-20(24)15(3)27-19-10-8-7-9-18(19)26-4/h7-15H,5-6H2,1-4H3,(H,22,24). The van der Waals surface area contributed by atoms with Crippen molar-refractivity contribution in [3.63, 3.8) is 0 Å². The highest BCUT2D eigenvalue weighted by molar-refractivity contribution is 5.96. The molecule has 6 nitrogen and oxygen atoms in total. The van der Waals surface area contributed by atoms with E-state index in [0.29, 0.717) is 35.8 Å². The van der Waals surface area contributed by atoms with Gasteiger partial charge in [-0.05, 0) is 57.2 Å². The summed E-state index contributed by atoms with van der Waals surface area (Å²) >= 11 is 0. The summed E-state index contributed by atoms with van der Waals surface area (Å²) in [5.41, 5.74) is 1.20. The first-order chi connectivity index (χ1) is 13.0. The van der Waals surface area contributed by atoms with Crippen LogP contribution in [-0.4, -0.2) is 43.0 Å². The molecule has 0 bridgehead atoms. The molecule has 6 heteroatoms. The zero-order valence-corrected chi connectivity index (χ0v) is 16.2. The van der Waals surface area contributed by atoms with Crippen molar-refractivity contribution >= 4 is 17.5 Å². The fourth-order valence-corrected chi connectivity index (χ4v) is 2.59. The summed E-state index contributed by atoms with van der Waals surface area (Å²) in [5, 5.41) is 2.79. The number of carbonyl (C=O) groups is 2. The lowest BCUT2D eigenvalue weighted by Crippen LogP contribution is -2.31. The van der Waals surface area contributed by atoms with Gasteiger partial charge in [0.2, 0.25) is 0 Å². The minimum atomic E-state index is -0.710. The lowest BCUT2D eigenvalue weighted by molar-refractivity contribution is -0.122. The van der Waals surface area contributed by atoms with E-state index in [4.69, 9.17) is 9.47 Å². The number of hydrogen-bond donors (Lipinski definition) is 1. The monoisotopic (exact) mass is 370 g/mol. The molecule has 0 radical (unpaired) electrons. The van der Waals surface area contributed by atoms with Crippen LogP contribution in [0.25, 0.3) is 0 Å². The maximum atomic E-state index is 12.4. The van der Waals surface area contributed by atoms with Gasteiger partial charge in [-0.1, -0.05) is 12.1 Å². The molecule has 1 atom stereocenters. The topological polar surface area (TPSA) is 67.9 Å². The molecule has 0 aliphatic carbocycles. The predicted molar refractivity (Wildman–Crippen MR) is 105 cm³/mol. The number of benzene rings is 2. The van der Waals surface area contributed by atoms with Crippen LogP contribution < -0.4 is 14.8 Å². The number of para-hydroxylation sites is 2. The maximum absolute atomic E-state index is 12.4.